The van der Waals surface area contributed by atoms with Crippen LogP contribution >= 0.6 is 11.6 Å². The van der Waals surface area contributed by atoms with Crippen molar-refractivity contribution >= 4 is 17.4 Å². The topological polar surface area (TPSA) is 53.6 Å². The molecule has 3 rings (SSSR count). The third-order valence-electron chi connectivity index (χ3n) is 3.93. The molecule has 1 atom stereocenters. The average Bonchev–Trinajstić information content (AvgIpc) is 2.94. The van der Waals surface area contributed by atoms with Gasteiger partial charge in [0.25, 0.3) is 0 Å². The molecule has 0 bridgehead atoms. The Hall–Kier alpha value is -2.67. The first-order chi connectivity index (χ1) is 11.9. The fourth-order valence-electron chi connectivity index (χ4n) is 2.74. The maximum absolute atomic E-state index is 13.9. The van der Waals surface area contributed by atoms with E-state index in [1.807, 2.05) is 0 Å². The molecule has 1 aromatic heterocycles. The molecular formula is C15H7ClF6N4. The van der Waals surface area contributed by atoms with E-state index in [-0.39, 0.29) is 11.5 Å². The van der Waals surface area contributed by atoms with E-state index in [1.54, 1.807) is 6.07 Å². The van der Waals surface area contributed by atoms with Crippen molar-refractivity contribution in [3.8, 4) is 11.8 Å². The van der Waals surface area contributed by atoms with Crippen molar-refractivity contribution in [2.24, 2.45) is 0 Å². The molecule has 1 N–H and O–H groups in total. The van der Waals surface area contributed by atoms with Crippen LogP contribution in [0.4, 0.5) is 32.2 Å². The Bertz CT molecular complexity index is 953. The molecular weight excluding hydrogens is 386 g/mol. The van der Waals surface area contributed by atoms with E-state index in [2.05, 4.69) is 17.0 Å². The van der Waals surface area contributed by atoms with Crippen molar-refractivity contribution in [1.29, 1.82) is 5.26 Å². The second kappa shape index (κ2) is 5.41. The number of anilines is 1. The number of rotatable bonds is 1. The molecule has 1 unspecified atom stereocenters. The molecule has 0 spiro atoms. The Morgan fingerprint density at radius 1 is 1.23 bits per heavy atom. The molecule has 1 aromatic carbocycles. The van der Waals surface area contributed by atoms with E-state index < -0.39 is 39.7 Å². The zero-order valence-corrected chi connectivity index (χ0v) is 13.3. The maximum Gasteiger partial charge on any atom is 0.419 e. The number of alkyl halides is 6. The minimum Gasteiger partial charge on any atom is -0.349 e. The molecule has 0 amide bonds. The maximum atomic E-state index is 13.9. The van der Waals surface area contributed by atoms with Crippen molar-refractivity contribution in [3.05, 3.63) is 52.7 Å². The molecule has 0 fully saturated rings. The summed E-state index contributed by atoms with van der Waals surface area (Å²) in [5, 5.41) is 14.2. The average molecular weight is 393 g/mol. The lowest BCUT2D eigenvalue weighted by Gasteiger charge is -2.40. The Morgan fingerprint density at radius 3 is 2.38 bits per heavy atom. The predicted octanol–water partition coefficient (Wildman–Crippen LogP) is 4.79. The zero-order chi connectivity index (χ0) is 19.5. The molecule has 1 aliphatic rings. The van der Waals surface area contributed by atoms with Crippen molar-refractivity contribution in [2.45, 2.75) is 17.9 Å². The van der Waals surface area contributed by atoms with Crippen molar-refractivity contribution in [3.63, 3.8) is 0 Å². The summed E-state index contributed by atoms with van der Waals surface area (Å²) in [5.74, 6) is -0.257. The van der Waals surface area contributed by atoms with Gasteiger partial charge in [0.05, 0.1) is 16.3 Å². The van der Waals surface area contributed by atoms with Crippen LogP contribution in [-0.4, -0.2) is 16.0 Å². The lowest BCUT2D eigenvalue weighted by molar-refractivity contribution is -0.169. The number of hydrogen-bond acceptors (Lipinski definition) is 3. The van der Waals surface area contributed by atoms with Gasteiger partial charge >= 0.3 is 12.4 Å². The van der Waals surface area contributed by atoms with Gasteiger partial charge in [-0.2, -0.15) is 36.7 Å². The van der Waals surface area contributed by atoms with Crippen LogP contribution in [0.25, 0.3) is 5.69 Å². The highest BCUT2D eigenvalue weighted by atomic mass is 35.5. The number of benzene rings is 1. The fraction of sp³-hybridized carbons (Fsp3) is 0.200. The third-order valence-corrected chi connectivity index (χ3v) is 4.22. The monoisotopic (exact) mass is 392 g/mol. The minimum atomic E-state index is -5.06. The Balaban J connectivity index is 2.45. The van der Waals surface area contributed by atoms with E-state index in [4.69, 9.17) is 16.9 Å². The summed E-state index contributed by atoms with van der Waals surface area (Å²) in [6, 6.07) is 3.54. The molecule has 0 radical (unpaired) electrons. The van der Waals surface area contributed by atoms with Crippen LogP contribution in [0.1, 0.15) is 16.8 Å². The van der Waals surface area contributed by atoms with Crippen molar-refractivity contribution < 1.29 is 26.3 Å². The van der Waals surface area contributed by atoms with Crippen molar-refractivity contribution in [2.75, 3.05) is 5.32 Å². The van der Waals surface area contributed by atoms with E-state index in [0.717, 1.165) is 10.7 Å². The van der Waals surface area contributed by atoms with Crippen LogP contribution in [0.15, 0.2) is 30.9 Å². The first kappa shape index (κ1) is 18.1. The van der Waals surface area contributed by atoms with E-state index in [9.17, 15) is 26.3 Å². The minimum absolute atomic E-state index is 0.239. The number of nitrogens with zero attached hydrogens (tertiary/aromatic N) is 3. The normalized spacial score (nSPS) is 19.2. The van der Waals surface area contributed by atoms with Crippen molar-refractivity contribution in [1.82, 2.24) is 9.78 Å². The van der Waals surface area contributed by atoms with Crippen LogP contribution in [-0.2, 0) is 11.7 Å². The molecule has 0 aliphatic carbocycles. The Kier molecular flexibility index (Phi) is 3.77. The molecule has 26 heavy (non-hydrogen) atoms. The largest absolute Gasteiger partial charge is 0.419 e. The van der Waals surface area contributed by atoms with Crippen LogP contribution in [0, 0.1) is 11.3 Å². The third kappa shape index (κ3) is 2.42. The second-order valence-electron chi connectivity index (χ2n) is 5.43. The van der Waals surface area contributed by atoms with Gasteiger partial charge in [0.1, 0.15) is 11.9 Å². The van der Waals surface area contributed by atoms with Gasteiger partial charge in [-0.3, -0.25) is 0 Å². The molecule has 2 heterocycles. The number of halogens is 7. The Labute approximate surface area is 147 Å². The quantitative estimate of drug-likeness (QED) is 0.561. The van der Waals surface area contributed by atoms with E-state index in [1.165, 1.54) is 0 Å². The summed E-state index contributed by atoms with van der Waals surface area (Å²) in [4.78, 5) is 0. The molecule has 0 saturated heterocycles. The first-order valence-electron chi connectivity index (χ1n) is 6.85. The summed E-state index contributed by atoms with van der Waals surface area (Å²) in [7, 11) is 0. The number of fused-ring (bicyclic) bond motifs is 3. The van der Waals surface area contributed by atoms with Gasteiger partial charge in [-0.15, -0.1) is 6.58 Å². The van der Waals surface area contributed by atoms with Crippen LogP contribution in [0.3, 0.4) is 0 Å². The standard InChI is InChI=1S/C15H7ClF6N4/c1-2-13(15(20,21)22)9-3-7(14(17,18)19)4-10(16)12(9)26-11(24-13)5-8(6-23)25-26/h2-5,24H,1H2. The van der Waals surface area contributed by atoms with Gasteiger partial charge in [-0.25, -0.2) is 4.68 Å². The lowest BCUT2D eigenvalue weighted by Crippen LogP contribution is -2.50. The van der Waals surface area contributed by atoms with Gasteiger partial charge in [0.2, 0.25) is 0 Å². The van der Waals surface area contributed by atoms with Crippen LogP contribution < -0.4 is 5.32 Å². The predicted molar refractivity (Wildman–Crippen MR) is 79.8 cm³/mol. The van der Waals surface area contributed by atoms with Crippen LogP contribution in [0.2, 0.25) is 5.02 Å². The first-order valence-corrected chi connectivity index (χ1v) is 7.22. The summed E-state index contributed by atoms with van der Waals surface area (Å²) in [5.41, 5.74) is -5.87. The highest BCUT2D eigenvalue weighted by Gasteiger charge is 2.58. The second-order valence-corrected chi connectivity index (χ2v) is 5.83. The van der Waals surface area contributed by atoms with Gasteiger partial charge in [0.15, 0.2) is 11.2 Å². The summed E-state index contributed by atoms with van der Waals surface area (Å²) in [6.07, 6.45) is -9.52. The van der Waals surface area contributed by atoms with Crippen LogP contribution in [0.5, 0.6) is 0 Å². The lowest BCUT2D eigenvalue weighted by atomic mass is 9.85. The number of hydrogen-bond donors (Lipinski definition) is 1. The summed E-state index contributed by atoms with van der Waals surface area (Å²) in [6.45, 7) is 3.14. The molecule has 136 valence electrons. The summed E-state index contributed by atoms with van der Waals surface area (Å²) < 4.78 is 81.7. The zero-order valence-electron chi connectivity index (χ0n) is 12.5. The van der Waals surface area contributed by atoms with E-state index in [0.29, 0.717) is 18.2 Å². The molecule has 4 nitrogen and oxygen atoms in total. The number of aromatic nitrogens is 2. The smallest absolute Gasteiger partial charge is 0.349 e. The fourth-order valence-corrected chi connectivity index (χ4v) is 3.04. The summed E-state index contributed by atoms with van der Waals surface area (Å²) >= 11 is 5.89. The highest BCUT2D eigenvalue weighted by Crippen LogP contribution is 2.51. The molecule has 1 aliphatic heterocycles. The SMILES string of the molecule is C=CC1(C(F)(F)F)Nc2cc(C#N)nn2-c2c(Cl)cc(C(F)(F)F)cc21. The highest BCUT2D eigenvalue weighted by molar-refractivity contribution is 6.32. The van der Waals surface area contributed by atoms with Gasteiger partial charge in [-0.05, 0) is 12.1 Å². The number of nitriles is 1. The molecule has 11 heteroatoms. The molecule has 2 aromatic rings. The molecule has 0 saturated carbocycles. The van der Waals surface area contributed by atoms with Gasteiger partial charge in [-0.1, -0.05) is 17.7 Å². The number of nitrogens with one attached hydrogen (secondary N) is 1. The van der Waals surface area contributed by atoms with Gasteiger partial charge in [0, 0.05) is 11.6 Å². The van der Waals surface area contributed by atoms with Gasteiger partial charge < -0.3 is 5.32 Å². The Morgan fingerprint density at radius 2 is 1.88 bits per heavy atom. The van der Waals surface area contributed by atoms with E-state index >= 15 is 0 Å².